The Bertz CT molecular complexity index is 323. The first kappa shape index (κ1) is 10.6. The summed E-state index contributed by atoms with van der Waals surface area (Å²) >= 11 is 0. The van der Waals surface area contributed by atoms with Crippen LogP contribution in [0.3, 0.4) is 0 Å². The van der Waals surface area contributed by atoms with Gasteiger partial charge < -0.3 is 5.11 Å². The van der Waals surface area contributed by atoms with Gasteiger partial charge in [-0.2, -0.15) is 0 Å². The van der Waals surface area contributed by atoms with Gasteiger partial charge in [-0.25, -0.2) is 0 Å². The molecule has 4 heteroatoms. The lowest BCUT2D eigenvalue weighted by atomic mass is 9.78. The molecule has 0 bridgehead atoms. The van der Waals surface area contributed by atoms with Crippen molar-refractivity contribution in [2.75, 3.05) is 0 Å². The van der Waals surface area contributed by atoms with Crippen molar-refractivity contribution in [1.29, 1.82) is 0 Å². The highest BCUT2D eigenvalue weighted by atomic mass is 16.3. The van der Waals surface area contributed by atoms with E-state index in [1.165, 1.54) is 0 Å². The lowest BCUT2D eigenvalue weighted by molar-refractivity contribution is 0.0514. The fraction of sp³-hybridized carbons (Fsp3) is 0.818. The van der Waals surface area contributed by atoms with E-state index in [0.717, 1.165) is 37.3 Å². The Morgan fingerprint density at radius 3 is 3.00 bits per heavy atom. The van der Waals surface area contributed by atoms with Crippen LogP contribution in [0.2, 0.25) is 0 Å². The summed E-state index contributed by atoms with van der Waals surface area (Å²) in [5.41, 5.74) is 0.996. The maximum absolute atomic E-state index is 9.90. The number of rotatable bonds is 2. The third-order valence-electron chi connectivity index (χ3n) is 3.33. The number of aliphatic hydroxyl groups is 1. The van der Waals surface area contributed by atoms with Crippen molar-refractivity contribution in [1.82, 2.24) is 15.0 Å². The zero-order valence-corrected chi connectivity index (χ0v) is 9.43. The van der Waals surface area contributed by atoms with Crippen molar-refractivity contribution in [2.45, 2.75) is 38.7 Å². The van der Waals surface area contributed by atoms with Gasteiger partial charge in [0.2, 0.25) is 0 Å². The number of aromatic nitrogens is 3. The molecule has 1 fully saturated rings. The van der Waals surface area contributed by atoms with Crippen molar-refractivity contribution in [3.63, 3.8) is 0 Å². The van der Waals surface area contributed by atoms with Gasteiger partial charge in [-0.15, -0.1) is 5.10 Å². The Hall–Kier alpha value is -0.900. The zero-order valence-electron chi connectivity index (χ0n) is 9.43. The summed E-state index contributed by atoms with van der Waals surface area (Å²) in [7, 11) is 1.87. The molecule has 0 radical (unpaired) electrons. The minimum atomic E-state index is -0.150. The monoisotopic (exact) mass is 209 g/mol. The largest absolute Gasteiger partial charge is 0.393 e. The van der Waals surface area contributed by atoms with Crippen LogP contribution in [0.25, 0.3) is 0 Å². The topological polar surface area (TPSA) is 50.9 Å². The van der Waals surface area contributed by atoms with Crippen LogP contribution in [-0.4, -0.2) is 26.2 Å². The summed E-state index contributed by atoms with van der Waals surface area (Å²) in [4.78, 5) is 0. The minimum absolute atomic E-state index is 0.150. The second kappa shape index (κ2) is 4.31. The number of hydrogen-bond acceptors (Lipinski definition) is 3. The predicted molar refractivity (Wildman–Crippen MR) is 57.2 cm³/mol. The van der Waals surface area contributed by atoms with Crippen molar-refractivity contribution < 1.29 is 5.11 Å². The molecule has 2 rings (SSSR count). The second-order valence-electron chi connectivity index (χ2n) is 4.83. The quantitative estimate of drug-likeness (QED) is 0.795. The standard InChI is InChI=1S/C11H19N3O/c1-8-3-4-11(15)9(5-8)6-10-7-14(2)13-12-10/h7-9,11,15H,3-6H2,1-2H3. The van der Waals surface area contributed by atoms with Crippen molar-refractivity contribution in [2.24, 2.45) is 18.9 Å². The van der Waals surface area contributed by atoms with Crippen LogP contribution >= 0.6 is 0 Å². The Balaban J connectivity index is 1.98. The molecule has 1 aromatic heterocycles. The molecule has 1 saturated carbocycles. The molecule has 1 aliphatic carbocycles. The normalized spacial score (nSPS) is 31.8. The van der Waals surface area contributed by atoms with Gasteiger partial charge in [-0.3, -0.25) is 4.68 Å². The van der Waals surface area contributed by atoms with Crippen LogP contribution in [-0.2, 0) is 13.5 Å². The first-order chi connectivity index (χ1) is 7.15. The molecule has 0 saturated heterocycles. The van der Waals surface area contributed by atoms with E-state index >= 15 is 0 Å². The van der Waals surface area contributed by atoms with Crippen molar-refractivity contribution >= 4 is 0 Å². The van der Waals surface area contributed by atoms with E-state index in [-0.39, 0.29) is 6.10 Å². The lowest BCUT2D eigenvalue weighted by Crippen LogP contribution is -2.29. The van der Waals surface area contributed by atoms with Crippen LogP contribution < -0.4 is 0 Å². The smallest absolute Gasteiger partial charge is 0.0830 e. The van der Waals surface area contributed by atoms with E-state index in [4.69, 9.17) is 0 Å². The molecule has 1 aliphatic rings. The number of aliphatic hydroxyl groups excluding tert-OH is 1. The van der Waals surface area contributed by atoms with Gasteiger partial charge in [0.15, 0.2) is 0 Å². The van der Waals surface area contributed by atoms with E-state index in [9.17, 15) is 5.11 Å². The maximum Gasteiger partial charge on any atom is 0.0830 e. The number of hydrogen-bond donors (Lipinski definition) is 1. The van der Waals surface area contributed by atoms with Crippen LogP contribution in [0.5, 0.6) is 0 Å². The van der Waals surface area contributed by atoms with Gasteiger partial charge >= 0.3 is 0 Å². The Morgan fingerprint density at radius 1 is 1.53 bits per heavy atom. The number of aryl methyl sites for hydroxylation is 1. The molecule has 1 N–H and O–H groups in total. The average Bonchev–Trinajstić information content (AvgIpc) is 2.58. The molecule has 1 heterocycles. The van der Waals surface area contributed by atoms with Gasteiger partial charge in [-0.1, -0.05) is 12.1 Å². The predicted octanol–water partition coefficient (Wildman–Crippen LogP) is 1.15. The van der Waals surface area contributed by atoms with Gasteiger partial charge in [0.05, 0.1) is 11.8 Å². The fourth-order valence-corrected chi connectivity index (χ4v) is 2.46. The fourth-order valence-electron chi connectivity index (χ4n) is 2.46. The van der Waals surface area contributed by atoms with Crippen molar-refractivity contribution in [3.05, 3.63) is 11.9 Å². The first-order valence-corrected chi connectivity index (χ1v) is 5.68. The van der Waals surface area contributed by atoms with Crippen LogP contribution in [0.15, 0.2) is 6.20 Å². The molecule has 3 unspecified atom stereocenters. The molecular weight excluding hydrogens is 190 g/mol. The summed E-state index contributed by atoms with van der Waals surface area (Å²) < 4.78 is 1.72. The van der Waals surface area contributed by atoms with E-state index in [1.54, 1.807) is 4.68 Å². The summed E-state index contributed by atoms with van der Waals surface area (Å²) in [5.74, 6) is 1.10. The minimum Gasteiger partial charge on any atom is -0.393 e. The zero-order chi connectivity index (χ0) is 10.8. The van der Waals surface area contributed by atoms with E-state index < -0.39 is 0 Å². The molecule has 4 nitrogen and oxygen atoms in total. The van der Waals surface area contributed by atoms with Gasteiger partial charge in [0, 0.05) is 13.2 Å². The molecule has 3 atom stereocenters. The Morgan fingerprint density at radius 2 is 2.33 bits per heavy atom. The van der Waals surface area contributed by atoms with Gasteiger partial charge in [-0.05, 0) is 37.5 Å². The molecule has 1 aromatic rings. The highest BCUT2D eigenvalue weighted by molar-refractivity contribution is 4.96. The number of nitrogens with zero attached hydrogens (tertiary/aromatic N) is 3. The first-order valence-electron chi connectivity index (χ1n) is 5.68. The molecular formula is C11H19N3O. The van der Waals surface area contributed by atoms with E-state index in [1.807, 2.05) is 13.2 Å². The summed E-state index contributed by atoms with van der Waals surface area (Å²) in [5, 5.41) is 17.9. The molecule has 15 heavy (non-hydrogen) atoms. The molecule has 0 amide bonds. The summed E-state index contributed by atoms with van der Waals surface area (Å²) in [6.07, 6.45) is 5.84. The highest BCUT2D eigenvalue weighted by Gasteiger charge is 2.27. The lowest BCUT2D eigenvalue weighted by Gasteiger charge is -2.31. The van der Waals surface area contributed by atoms with E-state index in [0.29, 0.717) is 5.92 Å². The third-order valence-corrected chi connectivity index (χ3v) is 3.33. The Labute approximate surface area is 90.3 Å². The second-order valence-corrected chi connectivity index (χ2v) is 4.83. The maximum atomic E-state index is 9.90. The highest BCUT2D eigenvalue weighted by Crippen LogP contribution is 2.30. The molecule has 0 aliphatic heterocycles. The molecule has 0 spiro atoms. The third kappa shape index (κ3) is 2.56. The van der Waals surface area contributed by atoms with Crippen LogP contribution in [0, 0.1) is 11.8 Å². The van der Waals surface area contributed by atoms with Gasteiger partial charge in [0.1, 0.15) is 0 Å². The SMILES string of the molecule is CC1CCC(O)C(Cc2cn(C)nn2)C1. The van der Waals surface area contributed by atoms with Crippen LogP contribution in [0.4, 0.5) is 0 Å². The Kier molecular flexibility index (Phi) is 3.05. The van der Waals surface area contributed by atoms with Crippen LogP contribution in [0.1, 0.15) is 31.9 Å². The molecule has 84 valence electrons. The van der Waals surface area contributed by atoms with Crippen molar-refractivity contribution in [3.8, 4) is 0 Å². The van der Waals surface area contributed by atoms with Gasteiger partial charge in [0.25, 0.3) is 0 Å². The summed E-state index contributed by atoms with van der Waals surface area (Å²) in [6, 6.07) is 0. The van der Waals surface area contributed by atoms with E-state index in [2.05, 4.69) is 17.2 Å². The molecule has 0 aromatic carbocycles. The average molecular weight is 209 g/mol. The summed E-state index contributed by atoms with van der Waals surface area (Å²) in [6.45, 7) is 2.26.